The maximum atomic E-state index is 12.9. The summed E-state index contributed by atoms with van der Waals surface area (Å²) < 4.78 is 12.9. The van der Waals surface area contributed by atoms with Crippen LogP contribution in [0.25, 0.3) is 0 Å². The SMILES string of the molecule is Cc1cccc(NC(=O)C(NC(=O)c2ccc(F)cc2)C(C)C)c1. The smallest absolute Gasteiger partial charge is 0.251 e. The molecule has 0 aliphatic rings. The predicted molar refractivity (Wildman–Crippen MR) is 92.3 cm³/mol. The van der Waals surface area contributed by atoms with Crippen molar-refractivity contribution in [3.8, 4) is 0 Å². The maximum absolute atomic E-state index is 12.9. The lowest BCUT2D eigenvalue weighted by Crippen LogP contribution is -2.47. The summed E-state index contributed by atoms with van der Waals surface area (Å²) in [5.74, 6) is -1.21. The van der Waals surface area contributed by atoms with Crippen LogP contribution in [0.3, 0.4) is 0 Å². The molecule has 2 aromatic rings. The summed E-state index contributed by atoms with van der Waals surface area (Å²) in [5, 5.41) is 5.53. The molecule has 2 rings (SSSR count). The number of hydrogen-bond donors (Lipinski definition) is 2. The number of carbonyl (C=O) groups is 2. The molecule has 0 bridgehead atoms. The van der Waals surface area contributed by atoms with Gasteiger partial charge >= 0.3 is 0 Å². The zero-order valence-electron chi connectivity index (χ0n) is 14.0. The van der Waals surface area contributed by atoms with Gasteiger partial charge in [-0.3, -0.25) is 9.59 Å². The van der Waals surface area contributed by atoms with E-state index >= 15 is 0 Å². The number of halogens is 1. The van der Waals surface area contributed by atoms with Crippen LogP contribution in [0.4, 0.5) is 10.1 Å². The van der Waals surface area contributed by atoms with Gasteiger partial charge in [-0.15, -0.1) is 0 Å². The molecule has 0 saturated heterocycles. The molecule has 1 unspecified atom stereocenters. The van der Waals surface area contributed by atoms with Crippen LogP contribution in [0.2, 0.25) is 0 Å². The molecule has 0 aromatic heterocycles. The van der Waals surface area contributed by atoms with Crippen LogP contribution in [0.1, 0.15) is 29.8 Å². The topological polar surface area (TPSA) is 58.2 Å². The number of nitrogens with one attached hydrogen (secondary N) is 2. The van der Waals surface area contributed by atoms with E-state index in [1.165, 1.54) is 24.3 Å². The van der Waals surface area contributed by atoms with Crippen LogP contribution in [0.5, 0.6) is 0 Å². The largest absolute Gasteiger partial charge is 0.340 e. The Bertz CT molecular complexity index is 726. The molecule has 0 spiro atoms. The number of carbonyl (C=O) groups excluding carboxylic acids is 2. The van der Waals surface area contributed by atoms with Crippen molar-refractivity contribution >= 4 is 17.5 Å². The Hall–Kier alpha value is -2.69. The van der Waals surface area contributed by atoms with Crippen LogP contribution in [0.15, 0.2) is 48.5 Å². The fourth-order valence-corrected chi connectivity index (χ4v) is 2.30. The van der Waals surface area contributed by atoms with E-state index in [1.807, 2.05) is 39.0 Å². The number of benzene rings is 2. The highest BCUT2D eigenvalue weighted by molar-refractivity contribution is 6.01. The van der Waals surface area contributed by atoms with Crippen molar-refractivity contribution in [2.45, 2.75) is 26.8 Å². The van der Waals surface area contributed by atoms with Crippen LogP contribution < -0.4 is 10.6 Å². The number of anilines is 1. The average molecular weight is 328 g/mol. The van der Waals surface area contributed by atoms with Crippen LogP contribution in [-0.2, 0) is 4.79 Å². The van der Waals surface area contributed by atoms with Crippen molar-refractivity contribution in [1.29, 1.82) is 0 Å². The standard InChI is InChI=1S/C19H21FN2O2/c1-12(2)17(19(24)21-16-6-4-5-13(3)11-16)22-18(23)14-7-9-15(20)10-8-14/h4-12,17H,1-3H3,(H,21,24)(H,22,23). The Balaban J connectivity index is 2.09. The Kier molecular flexibility index (Phi) is 5.68. The fourth-order valence-electron chi connectivity index (χ4n) is 2.30. The first-order valence-corrected chi connectivity index (χ1v) is 7.81. The molecule has 0 aliphatic heterocycles. The lowest BCUT2D eigenvalue weighted by Gasteiger charge is -2.22. The average Bonchev–Trinajstić information content (AvgIpc) is 2.52. The summed E-state index contributed by atoms with van der Waals surface area (Å²) in [6.45, 7) is 5.64. The molecule has 2 amide bonds. The highest BCUT2D eigenvalue weighted by Gasteiger charge is 2.24. The quantitative estimate of drug-likeness (QED) is 0.882. The van der Waals surface area contributed by atoms with Gasteiger partial charge in [0.1, 0.15) is 11.9 Å². The van der Waals surface area contributed by atoms with E-state index in [1.54, 1.807) is 6.07 Å². The monoisotopic (exact) mass is 328 g/mol. The molecule has 24 heavy (non-hydrogen) atoms. The molecule has 2 N–H and O–H groups in total. The van der Waals surface area contributed by atoms with Crippen LogP contribution in [0, 0.1) is 18.7 Å². The zero-order chi connectivity index (χ0) is 17.7. The van der Waals surface area contributed by atoms with Crippen molar-refractivity contribution < 1.29 is 14.0 Å². The Morgan fingerprint density at radius 1 is 1.04 bits per heavy atom. The first-order chi connectivity index (χ1) is 11.4. The third-order valence-corrected chi connectivity index (χ3v) is 3.63. The second-order valence-electron chi connectivity index (χ2n) is 6.06. The van der Waals surface area contributed by atoms with Crippen molar-refractivity contribution in [3.63, 3.8) is 0 Å². The van der Waals surface area contributed by atoms with Crippen LogP contribution >= 0.6 is 0 Å². The van der Waals surface area contributed by atoms with Gasteiger partial charge in [0.15, 0.2) is 0 Å². The van der Waals surface area contributed by atoms with Gasteiger partial charge in [-0.2, -0.15) is 0 Å². The molecule has 4 nitrogen and oxygen atoms in total. The van der Waals surface area contributed by atoms with E-state index in [0.717, 1.165) is 5.56 Å². The van der Waals surface area contributed by atoms with Gasteiger partial charge in [-0.1, -0.05) is 26.0 Å². The van der Waals surface area contributed by atoms with Gasteiger partial charge in [0.05, 0.1) is 0 Å². The van der Waals surface area contributed by atoms with Crippen LogP contribution in [-0.4, -0.2) is 17.9 Å². The minimum Gasteiger partial charge on any atom is -0.340 e. The molecule has 1 atom stereocenters. The van der Waals surface area contributed by atoms with Crippen molar-refractivity contribution in [3.05, 3.63) is 65.5 Å². The summed E-state index contributed by atoms with van der Waals surface area (Å²) in [7, 11) is 0. The minimum absolute atomic E-state index is 0.0980. The lowest BCUT2D eigenvalue weighted by molar-refractivity contribution is -0.118. The van der Waals surface area contributed by atoms with Crippen molar-refractivity contribution in [2.75, 3.05) is 5.32 Å². The van der Waals surface area contributed by atoms with E-state index in [2.05, 4.69) is 10.6 Å². The Morgan fingerprint density at radius 3 is 2.29 bits per heavy atom. The van der Waals surface area contributed by atoms with E-state index in [4.69, 9.17) is 0 Å². The number of hydrogen-bond acceptors (Lipinski definition) is 2. The number of rotatable bonds is 5. The van der Waals surface area contributed by atoms with Gasteiger partial charge in [-0.05, 0) is 54.8 Å². The van der Waals surface area contributed by atoms with E-state index in [0.29, 0.717) is 11.3 Å². The van der Waals surface area contributed by atoms with Gasteiger partial charge in [0.25, 0.3) is 5.91 Å². The molecule has 0 heterocycles. The van der Waals surface area contributed by atoms with E-state index in [9.17, 15) is 14.0 Å². The molecular weight excluding hydrogens is 307 g/mol. The molecule has 126 valence electrons. The normalized spacial score (nSPS) is 11.9. The Morgan fingerprint density at radius 2 is 1.71 bits per heavy atom. The number of aryl methyl sites for hydroxylation is 1. The predicted octanol–water partition coefficient (Wildman–Crippen LogP) is 3.53. The second kappa shape index (κ2) is 7.73. The summed E-state index contributed by atoms with van der Waals surface area (Å²) in [4.78, 5) is 24.8. The zero-order valence-corrected chi connectivity index (χ0v) is 14.0. The fraction of sp³-hybridized carbons (Fsp3) is 0.263. The molecule has 0 radical (unpaired) electrons. The first-order valence-electron chi connectivity index (χ1n) is 7.81. The highest BCUT2D eigenvalue weighted by atomic mass is 19.1. The molecule has 2 aromatic carbocycles. The summed E-state index contributed by atoms with van der Waals surface area (Å²) in [6, 6.07) is 12.0. The first kappa shape index (κ1) is 17.7. The molecule has 5 heteroatoms. The summed E-state index contributed by atoms with van der Waals surface area (Å²) >= 11 is 0. The van der Waals surface area contributed by atoms with E-state index < -0.39 is 17.8 Å². The molecule has 0 fully saturated rings. The highest BCUT2D eigenvalue weighted by Crippen LogP contribution is 2.12. The van der Waals surface area contributed by atoms with Crippen molar-refractivity contribution in [2.24, 2.45) is 5.92 Å². The third kappa shape index (κ3) is 4.65. The van der Waals surface area contributed by atoms with Gasteiger partial charge in [-0.25, -0.2) is 4.39 Å². The number of amides is 2. The maximum Gasteiger partial charge on any atom is 0.251 e. The molecular formula is C19H21FN2O2. The summed E-state index contributed by atoms with van der Waals surface area (Å²) in [5.41, 5.74) is 2.02. The van der Waals surface area contributed by atoms with Gasteiger partial charge in [0.2, 0.25) is 5.91 Å². The van der Waals surface area contributed by atoms with E-state index in [-0.39, 0.29) is 11.8 Å². The van der Waals surface area contributed by atoms with Gasteiger partial charge < -0.3 is 10.6 Å². The second-order valence-corrected chi connectivity index (χ2v) is 6.06. The third-order valence-electron chi connectivity index (χ3n) is 3.63. The van der Waals surface area contributed by atoms with Gasteiger partial charge in [0, 0.05) is 11.3 Å². The molecule has 0 aliphatic carbocycles. The minimum atomic E-state index is -0.692. The Labute approximate surface area is 141 Å². The molecule has 0 saturated carbocycles. The van der Waals surface area contributed by atoms with Crippen molar-refractivity contribution in [1.82, 2.24) is 5.32 Å². The lowest BCUT2D eigenvalue weighted by atomic mass is 10.0. The summed E-state index contributed by atoms with van der Waals surface area (Å²) in [6.07, 6.45) is 0.